The third kappa shape index (κ3) is 3.22. The lowest BCUT2D eigenvalue weighted by Crippen LogP contribution is -2.19. The number of hydrogen-bond donors (Lipinski definition) is 2. The number of hydrogen-bond acceptors (Lipinski definition) is 3. The summed E-state index contributed by atoms with van der Waals surface area (Å²) in [6, 6.07) is 19.4. The minimum atomic E-state index is -0.615. The molecular weight excluding hydrogens is 290 g/mol. The van der Waals surface area contributed by atoms with Crippen LogP contribution in [0.2, 0.25) is 0 Å². The van der Waals surface area contributed by atoms with Gasteiger partial charge in [0.25, 0.3) is 0 Å². The molecule has 0 bridgehead atoms. The Kier molecular flexibility index (Phi) is 3.81. The first-order valence-electron chi connectivity index (χ1n) is 6.93. The van der Waals surface area contributed by atoms with Gasteiger partial charge in [-0.15, -0.1) is 0 Å². The van der Waals surface area contributed by atoms with Crippen LogP contribution in [0.4, 0.5) is 10.5 Å². The van der Waals surface area contributed by atoms with Gasteiger partial charge in [0.2, 0.25) is 0 Å². The fourth-order valence-corrected chi connectivity index (χ4v) is 2.29. The fraction of sp³-hybridized carbons (Fsp3) is 0. The van der Waals surface area contributed by atoms with Gasteiger partial charge in [-0.2, -0.15) is 5.26 Å². The van der Waals surface area contributed by atoms with Gasteiger partial charge in [0.1, 0.15) is 11.5 Å². The van der Waals surface area contributed by atoms with Gasteiger partial charge in [-0.05, 0) is 47.9 Å². The Hall–Kier alpha value is -3.52. The minimum absolute atomic E-state index is 0.573. The molecule has 0 fully saturated rings. The molecule has 0 heterocycles. The summed E-state index contributed by atoms with van der Waals surface area (Å²) in [6.07, 6.45) is 0. The van der Waals surface area contributed by atoms with Gasteiger partial charge in [-0.1, -0.05) is 18.2 Å². The minimum Gasteiger partial charge on any atom is -0.457 e. The Morgan fingerprint density at radius 3 is 2.48 bits per heavy atom. The van der Waals surface area contributed by atoms with Crippen molar-refractivity contribution in [1.82, 2.24) is 0 Å². The Balaban J connectivity index is 1.95. The number of rotatable bonds is 3. The summed E-state index contributed by atoms with van der Waals surface area (Å²) in [6.45, 7) is 0. The number of ether oxygens (including phenoxy) is 1. The summed E-state index contributed by atoms with van der Waals surface area (Å²) >= 11 is 0. The maximum absolute atomic E-state index is 11.1. The van der Waals surface area contributed by atoms with Crippen molar-refractivity contribution in [2.75, 3.05) is 5.32 Å². The summed E-state index contributed by atoms with van der Waals surface area (Å²) in [5, 5.41) is 13.2. The van der Waals surface area contributed by atoms with Gasteiger partial charge < -0.3 is 15.8 Å². The number of fused-ring (bicyclic) bond motifs is 1. The SMILES string of the molecule is N#Cc1ccc(Oc2ccc3cccc(NC(N)=O)c3c2)cc1. The number of anilines is 1. The largest absolute Gasteiger partial charge is 0.457 e. The van der Waals surface area contributed by atoms with Crippen LogP contribution in [0.1, 0.15) is 5.56 Å². The molecule has 3 aromatic rings. The molecule has 3 N–H and O–H groups in total. The molecule has 3 rings (SSSR count). The van der Waals surface area contributed by atoms with Crippen molar-refractivity contribution < 1.29 is 9.53 Å². The van der Waals surface area contributed by atoms with E-state index in [1.807, 2.05) is 30.3 Å². The zero-order chi connectivity index (χ0) is 16.2. The van der Waals surface area contributed by atoms with E-state index in [1.165, 1.54) is 0 Å². The lowest BCUT2D eigenvalue weighted by molar-refractivity contribution is 0.259. The van der Waals surface area contributed by atoms with E-state index >= 15 is 0 Å². The van der Waals surface area contributed by atoms with Gasteiger partial charge in [-0.25, -0.2) is 4.79 Å². The second kappa shape index (κ2) is 6.08. The van der Waals surface area contributed by atoms with Crippen LogP contribution in [-0.2, 0) is 0 Å². The monoisotopic (exact) mass is 303 g/mol. The molecule has 2 amide bonds. The summed E-state index contributed by atoms with van der Waals surface area (Å²) in [7, 11) is 0. The van der Waals surface area contributed by atoms with Crippen molar-refractivity contribution in [3.8, 4) is 17.6 Å². The molecule has 0 aliphatic heterocycles. The molecule has 5 heteroatoms. The van der Waals surface area contributed by atoms with Crippen LogP contribution < -0.4 is 15.8 Å². The maximum Gasteiger partial charge on any atom is 0.316 e. The molecule has 3 aromatic carbocycles. The topological polar surface area (TPSA) is 88.1 Å². The second-order valence-corrected chi connectivity index (χ2v) is 4.92. The standard InChI is InChI=1S/C18H13N3O2/c19-11-12-4-7-14(8-5-12)23-15-9-6-13-2-1-3-17(16(13)10-15)21-18(20)22/h1-10H,(H3,20,21,22). The van der Waals surface area contributed by atoms with E-state index in [9.17, 15) is 4.79 Å². The average molecular weight is 303 g/mol. The quantitative estimate of drug-likeness (QED) is 0.766. The van der Waals surface area contributed by atoms with Crippen molar-refractivity contribution in [2.45, 2.75) is 0 Å². The van der Waals surface area contributed by atoms with Crippen molar-refractivity contribution in [3.63, 3.8) is 0 Å². The smallest absolute Gasteiger partial charge is 0.316 e. The zero-order valence-electron chi connectivity index (χ0n) is 12.1. The number of amides is 2. The molecule has 0 spiro atoms. The number of benzene rings is 3. The molecule has 0 saturated carbocycles. The first-order chi connectivity index (χ1) is 11.2. The van der Waals surface area contributed by atoms with E-state index < -0.39 is 6.03 Å². The normalized spacial score (nSPS) is 10.0. The van der Waals surface area contributed by atoms with Crippen LogP contribution in [0.5, 0.6) is 11.5 Å². The van der Waals surface area contributed by atoms with Crippen molar-refractivity contribution >= 4 is 22.5 Å². The predicted octanol–water partition coefficient (Wildman–Crippen LogP) is 3.99. The van der Waals surface area contributed by atoms with Crippen LogP contribution in [0, 0.1) is 11.3 Å². The molecule has 23 heavy (non-hydrogen) atoms. The van der Waals surface area contributed by atoms with E-state index in [-0.39, 0.29) is 0 Å². The molecule has 0 aliphatic rings. The number of carbonyl (C=O) groups is 1. The molecular formula is C18H13N3O2. The van der Waals surface area contributed by atoms with Crippen molar-refractivity contribution in [2.24, 2.45) is 5.73 Å². The van der Waals surface area contributed by atoms with Crippen LogP contribution in [0.15, 0.2) is 60.7 Å². The summed E-state index contributed by atoms with van der Waals surface area (Å²) in [5.41, 5.74) is 6.40. The van der Waals surface area contributed by atoms with Gasteiger partial charge in [0.15, 0.2) is 0 Å². The summed E-state index contributed by atoms with van der Waals surface area (Å²) in [4.78, 5) is 11.1. The average Bonchev–Trinajstić information content (AvgIpc) is 2.56. The Labute approximate surface area is 132 Å². The van der Waals surface area contributed by atoms with Crippen LogP contribution >= 0.6 is 0 Å². The van der Waals surface area contributed by atoms with E-state index in [1.54, 1.807) is 30.3 Å². The van der Waals surface area contributed by atoms with Crippen molar-refractivity contribution in [1.29, 1.82) is 5.26 Å². The number of carbonyl (C=O) groups excluding carboxylic acids is 1. The van der Waals surface area contributed by atoms with E-state index in [2.05, 4.69) is 11.4 Å². The lowest BCUT2D eigenvalue weighted by atomic mass is 10.1. The van der Waals surface area contributed by atoms with Crippen LogP contribution in [0.25, 0.3) is 10.8 Å². The van der Waals surface area contributed by atoms with Crippen molar-refractivity contribution in [3.05, 3.63) is 66.2 Å². The number of nitrogens with zero attached hydrogens (tertiary/aromatic N) is 1. The van der Waals surface area contributed by atoms with Gasteiger partial charge in [-0.3, -0.25) is 0 Å². The van der Waals surface area contributed by atoms with Crippen LogP contribution in [-0.4, -0.2) is 6.03 Å². The summed E-state index contributed by atoms with van der Waals surface area (Å²) in [5.74, 6) is 1.25. The van der Waals surface area contributed by atoms with Gasteiger partial charge in [0.05, 0.1) is 17.3 Å². The van der Waals surface area contributed by atoms with E-state index in [0.717, 1.165) is 10.8 Å². The lowest BCUT2D eigenvalue weighted by Gasteiger charge is -2.10. The Morgan fingerprint density at radius 2 is 1.78 bits per heavy atom. The zero-order valence-corrected chi connectivity index (χ0v) is 12.1. The molecule has 5 nitrogen and oxygen atoms in total. The molecule has 112 valence electrons. The summed E-state index contributed by atoms with van der Waals surface area (Å²) < 4.78 is 5.79. The van der Waals surface area contributed by atoms with Crippen LogP contribution in [0.3, 0.4) is 0 Å². The highest BCUT2D eigenvalue weighted by Crippen LogP contribution is 2.30. The number of nitrogens with two attached hydrogens (primary N) is 1. The highest BCUT2D eigenvalue weighted by atomic mass is 16.5. The highest BCUT2D eigenvalue weighted by molar-refractivity contribution is 6.01. The molecule has 0 radical (unpaired) electrons. The molecule has 0 aliphatic carbocycles. The fourth-order valence-electron chi connectivity index (χ4n) is 2.29. The number of primary amides is 1. The highest BCUT2D eigenvalue weighted by Gasteiger charge is 2.05. The maximum atomic E-state index is 11.1. The van der Waals surface area contributed by atoms with Gasteiger partial charge >= 0.3 is 6.03 Å². The second-order valence-electron chi connectivity index (χ2n) is 4.92. The Morgan fingerprint density at radius 1 is 1.04 bits per heavy atom. The molecule has 0 atom stereocenters. The Bertz CT molecular complexity index is 912. The third-order valence-electron chi connectivity index (χ3n) is 3.33. The third-order valence-corrected chi connectivity index (χ3v) is 3.33. The van der Waals surface area contributed by atoms with E-state index in [0.29, 0.717) is 22.7 Å². The number of urea groups is 1. The number of nitrogens with one attached hydrogen (secondary N) is 1. The molecule has 0 saturated heterocycles. The number of nitriles is 1. The first kappa shape index (κ1) is 14.4. The van der Waals surface area contributed by atoms with Gasteiger partial charge in [0, 0.05) is 5.39 Å². The predicted molar refractivity (Wildman–Crippen MR) is 88.4 cm³/mol. The molecule has 0 aromatic heterocycles. The molecule has 0 unspecified atom stereocenters. The van der Waals surface area contributed by atoms with E-state index in [4.69, 9.17) is 15.7 Å². The first-order valence-corrected chi connectivity index (χ1v) is 6.93.